The van der Waals surface area contributed by atoms with Gasteiger partial charge in [0.1, 0.15) is 29.8 Å². The number of rotatable bonds is 4. The lowest BCUT2D eigenvalue weighted by molar-refractivity contribution is 0.0707. The summed E-state index contributed by atoms with van der Waals surface area (Å²) in [6.07, 6.45) is 0. The molecular formula is C18H18FN3O3. The fourth-order valence-electron chi connectivity index (χ4n) is 2.91. The van der Waals surface area contributed by atoms with Gasteiger partial charge in [0.05, 0.1) is 5.69 Å². The Kier molecular flexibility index (Phi) is 5.00. The number of hydrogen-bond donors (Lipinski definition) is 0. The molecule has 1 aromatic carbocycles. The molecule has 6 nitrogen and oxygen atoms in total. The Morgan fingerprint density at radius 1 is 1.28 bits per heavy atom. The molecule has 1 aromatic heterocycles. The van der Waals surface area contributed by atoms with Crippen LogP contribution in [-0.2, 0) is 11.3 Å². The van der Waals surface area contributed by atoms with E-state index in [2.05, 4.69) is 0 Å². The average molecular weight is 343 g/mol. The molecule has 1 fully saturated rings. The number of methoxy groups -OCH3 is 1. The Balaban J connectivity index is 1.66. The molecule has 0 bridgehead atoms. The zero-order valence-corrected chi connectivity index (χ0v) is 13.9. The monoisotopic (exact) mass is 343 g/mol. The summed E-state index contributed by atoms with van der Waals surface area (Å²) in [5, 5.41) is 9.16. The van der Waals surface area contributed by atoms with E-state index in [-0.39, 0.29) is 17.2 Å². The van der Waals surface area contributed by atoms with Crippen molar-refractivity contribution >= 4 is 11.6 Å². The molecule has 2 heterocycles. The minimum absolute atomic E-state index is 0.0394. The minimum Gasteiger partial charge on any atom is -0.453 e. The Labute approximate surface area is 145 Å². The highest BCUT2D eigenvalue weighted by atomic mass is 19.1. The molecule has 1 aliphatic rings. The van der Waals surface area contributed by atoms with Crippen molar-refractivity contribution < 1.29 is 18.3 Å². The van der Waals surface area contributed by atoms with Gasteiger partial charge in [-0.2, -0.15) is 5.26 Å². The van der Waals surface area contributed by atoms with E-state index in [9.17, 15) is 9.18 Å². The highest BCUT2D eigenvalue weighted by molar-refractivity contribution is 5.91. The number of ether oxygens (including phenoxy) is 1. The van der Waals surface area contributed by atoms with Gasteiger partial charge in [-0.25, -0.2) is 4.39 Å². The maximum Gasteiger partial charge on any atom is 0.289 e. The van der Waals surface area contributed by atoms with Gasteiger partial charge in [-0.1, -0.05) is 6.07 Å². The van der Waals surface area contributed by atoms with E-state index in [0.29, 0.717) is 44.2 Å². The topological polar surface area (TPSA) is 69.7 Å². The van der Waals surface area contributed by atoms with Crippen LogP contribution in [0.2, 0.25) is 0 Å². The van der Waals surface area contributed by atoms with Gasteiger partial charge < -0.3 is 19.0 Å². The van der Waals surface area contributed by atoms with Crippen LogP contribution in [0.5, 0.6) is 0 Å². The van der Waals surface area contributed by atoms with E-state index in [4.69, 9.17) is 14.4 Å². The van der Waals surface area contributed by atoms with E-state index in [1.165, 1.54) is 6.07 Å². The maximum absolute atomic E-state index is 13.8. The van der Waals surface area contributed by atoms with E-state index < -0.39 is 5.82 Å². The van der Waals surface area contributed by atoms with Gasteiger partial charge in [0.2, 0.25) is 0 Å². The van der Waals surface area contributed by atoms with Crippen molar-refractivity contribution in [2.75, 3.05) is 38.2 Å². The summed E-state index contributed by atoms with van der Waals surface area (Å²) in [5.41, 5.74) is 0.604. The van der Waals surface area contributed by atoms with Crippen LogP contribution in [0, 0.1) is 17.1 Å². The first-order valence-corrected chi connectivity index (χ1v) is 7.94. The first-order valence-electron chi connectivity index (χ1n) is 7.94. The second-order valence-electron chi connectivity index (χ2n) is 5.72. The second kappa shape index (κ2) is 7.36. The highest BCUT2D eigenvalue weighted by Gasteiger charge is 2.26. The number of benzene rings is 1. The normalized spacial score (nSPS) is 14.4. The van der Waals surface area contributed by atoms with Crippen LogP contribution >= 0.6 is 0 Å². The number of nitrogens with zero attached hydrogens (tertiary/aromatic N) is 3. The molecular weight excluding hydrogens is 325 g/mol. The van der Waals surface area contributed by atoms with E-state index >= 15 is 0 Å². The molecule has 130 valence electrons. The number of hydrogen-bond acceptors (Lipinski definition) is 5. The van der Waals surface area contributed by atoms with Crippen molar-refractivity contribution in [3.8, 4) is 6.07 Å². The van der Waals surface area contributed by atoms with Gasteiger partial charge in [0.25, 0.3) is 5.91 Å². The molecule has 25 heavy (non-hydrogen) atoms. The fraction of sp³-hybridized carbons (Fsp3) is 0.333. The molecule has 0 atom stereocenters. The van der Waals surface area contributed by atoms with Crippen LogP contribution in [0.3, 0.4) is 0 Å². The lowest BCUT2D eigenvalue weighted by Gasteiger charge is -2.36. The van der Waals surface area contributed by atoms with Crippen molar-refractivity contribution in [3.05, 3.63) is 53.2 Å². The number of carbonyl (C=O) groups excluding carboxylic acids is 1. The predicted molar refractivity (Wildman–Crippen MR) is 88.7 cm³/mol. The van der Waals surface area contributed by atoms with Crippen LogP contribution in [-0.4, -0.2) is 44.1 Å². The molecule has 0 spiro atoms. The van der Waals surface area contributed by atoms with Crippen molar-refractivity contribution in [1.82, 2.24) is 4.90 Å². The zero-order valence-electron chi connectivity index (χ0n) is 13.9. The summed E-state index contributed by atoms with van der Waals surface area (Å²) >= 11 is 0. The third-order valence-corrected chi connectivity index (χ3v) is 4.17. The van der Waals surface area contributed by atoms with Gasteiger partial charge in [-0.15, -0.1) is 0 Å². The first kappa shape index (κ1) is 17.0. The van der Waals surface area contributed by atoms with Crippen molar-refractivity contribution in [1.29, 1.82) is 5.26 Å². The summed E-state index contributed by atoms with van der Waals surface area (Å²) in [4.78, 5) is 16.1. The molecule has 1 amide bonds. The van der Waals surface area contributed by atoms with E-state index in [1.807, 2.05) is 11.0 Å². The minimum atomic E-state index is -0.528. The largest absolute Gasteiger partial charge is 0.453 e. The fourth-order valence-corrected chi connectivity index (χ4v) is 2.91. The molecule has 1 saturated heterocycles. The standard InChI is InChI=1S/C18H18FN3O3/c1-24-12-13-5-6-17(25-13)18(23)22-9-7-21(8-10-22)16-4-2-3-15(19)14(16)11-20/h2-6H,7-10,12H2,1H3. The van der Waals surface area contributed by atoms with Gasteiger partial charge in [-0.05, 0) is 24.3 Å². The Morgan fingerprint density at radius 2 is 2.04 bits per heavy atom. The summed E-state index contributed by atoms with van der Waals surface area (Å²) in [5.74, 6) is 0.174. The molecule has 0 saturated carbocycles. The van der Waals surface area contributed by atoms with Crippen molar-refractivity contribution in [2.24, 2.45) is 0 Å². The SMILES string of the molecule is COCc1ccc(C(=O)N2CCN(c3cccc(F)c3C#N)CC2)o1. The number of amides is 1. The quantitative estimate of drug-likeness (QED) is 0.853. The molecule has 1 aliphatic heterocycles. The van der Waals surface area contributed by atoms with Crippen LogP contribution in [0.4, 0.5) is 10.1 Å². The third kappa shape index (κ3) is 3.49. The molecule has 0 N–H and O–H groups in total. The van der Waals surface area contributed by atoms with Crippen LogP contribution < -0.4 is 4.90 Å². The van der Waals surface area contributed by atoms with Gasteiger partial charge in [0.15, 0.2) is 5.76 Å². The Morgan fingerprint density at radius 3 is 2.72 bits per heavy atom. The second-order valence-corrected chi connectivity index (χ2v) is 5.72. The molecule has 0 radical (unpaired) electrons. The molecule has 0 aliphatic carbocycles. The highest BCUT2D eigenvalue weighted by Crippen LogP contribution is 2.24. The molecule has 2 aromatic rings. The summed E-state index contributed by atoms with van der Waals surface area (Å²) in [6, 6.07) is 9.86. The van der Waals surface area contributed by atoms with Crippen molar-refractivity contribution in [2.45, 2.75) is 6.61 Å². The number of piperazine rings is 1. The number of carbonyl (C=O) groups is 1. The Hall–Kier alpha value is -2.85. The van der Waals surface area contributed by atoms with Gasteiger partial charge in [-0.3, -0.25) is 4.79 Å². The smallest absolute Gasteiger partial charge is 0.289 e. The number of anilines is 1. The van der Waals surface area contributed by atoms with Crippen LogP contribution in [0.1, 0.15) is 21.9 Å². The third-order valence-electron chi connectivity index (χ3n) is 4.17. The lowest BCUT2D eigenvalue weighted by atomic mass is 10.1. The lowest BCUT2D eigenvalue weighted by Crippen LogP contribution is -2.49. The molecule has 0 unspecified atom stereocenters. The summed E-state index contributed by atoms with van der Waals surface area (Å²) < 4.78 is 24.2. The zero-order chi connectivity index (χ0) is 17.8. The van der Waals surface area contributed by atoms with E-state index in [1.54, 1.807) is 36.3 Å². The maximum atomic E-state index is 13.8. The molecule has 7 heteroatoms. The van der Waals surface area contributed by atoms with Gasteiger partial charge in [0, 0.05) is 33.3 Å². The van der Waals surface area contributed by atoms with Gasteiger partial charge >= 0.3 is 0 Å². The van der Waals surface area contributed by atoms with E-state index in [0.717, 1.165) is 0 Å². The number of furan rings is 1. The predicted octanol–water partition coefficient (Wildman–Crippen LogP) is 2.40. The van der Waals surface area contributed by atoms with Crippen LogP contribution in [0.15, 0.2) is 34.7 Å². The number of halogens is 1. The average Bonchev–Trinajstić information content (AvgIpc) is 3.10. The Bertz CT molecular complexity index is 804. The van der Waals surface area contributed by atoms with Crippen LogP contribution in [0.25, 0.3) is 0 Å². The summed E-state index contributed by atoms with van der Waals surface area (Å²) in [7, 11) is 1.56. The molecule has 3 rings (SSSR count). The summed E-state index contributed by atoms with van der Waals surface area (Å²) in [6.45, 7) is 2.31. The first-order chi connectivity index (χ1) is 12.1. The number of nitriles is 1. The van der Waals surface area contributed by atoms with Crippen molar-refractivity contribution in [3.63, 3.8) is 0 Å².